The molecule has 20 heavy (non-hydrogen) atoms. The van der Waals surface area contributed by atoms with Crippen molar-refractivity contribution in [3.05, 3.63) is 79.1 Å². The third-order valence-corrected chi connectivity index (χ3v) is 2.69. The molecule has 1 heterocycles. The topological polar surface area (TPSA) is 31.4 Å². The van der Waals surface area contributed by atoms with Crippen LogP contribution in [0.25, 0.3) is 0 Å². The summed E-state index contributed by atoms with van der Waals surface area (Å²) in [6.07, 6.45) is 3.39. The van der Waals surface area contributed by atoms with Crippen LogP contribution in [-0.4, -0.2) is 4.98 Å². The molecule has 0 bridgehead atoms. The summed E-state index contributed by atoms with van der Waals surface area (Å²) in [5, 5.41) is 0. The lowest BCUT2D eigenvalue weighted by atomic mass is 10.3. The van der Waals surface area contributed by atoms with Gasteiger partial charge in [-0.05, 0) is 48.5 Å². The van der Waals surface area contributed by atoms with E-state index in [1.165, 1.54) is 0 Å². The summed E-state index contributed by atoms with van der Waals surface area (Å²) in [7, 11) is 0. The quantitative estimate of drug-likeness (QED) is 0.685. The molecule has 0 amide bonds. The highest BCUT2D eigenvalue weighted by Crippen LogP contribution is 2.26. The number of pyridine rings is 1. The monoisotopic (exact) mass is 263 g/mol. The van der Waals surface area contributed by atoms with E-state index in [1.54, 1.807) is 12.4 Å². The van der Waals surface area contributed by atoms with Crippen LogP contribution in [-0.2, 0) is 0 Å². The number of aromatic nitrogens is 1. The van der Waals surface area contributed by atoms with Crippen molar-refractivity contribution in [3.63, 3.8) is 0 Å². The fourth-order valence-corrected chi connectivity index (χ4v) is 1.74. The number of hydrogen-bond acceptors (Lipinski definition) is 3. The minimum atomic E-state index is 0.761. The second kappa shape index (κ2) is 5.89. The maximum Gasteiger partial charge on any atom is 0.130 e. The molecule has 3 rings (SSSR count). The number of benzene rings is 2. The number of nitrogens with zero attached hydrogens (tertiary/aromatic N) is 1. The lowest BCUT2D eigenvalue weighted by Crippen LogP contribution is -1.86. The molecule has 98 valence electrons. The third-order valence-electron chi connectivity index (χ3n) is 2.69. The van der Waals surface area contributed by atoms with Gasteiger partial charge in [-0.1, -0.05) is 18.2 Å². The minimum absolute atomic E-state index is 0.761. The Kier molecular flexibility index (Phi) is 3.60. The predicted molar refractivity (Wildman–Crippen MR) is 77.3 cm³/mol. The van der Waals surface area contributed by atoms with Crippen LogP contribution in [0.3, 0.4) is 0 Å². The highest BCUT2D eigenvalue weighted by Gasteiger charge is 1.99. The average molecular weight is 263 g/mol. The number of rotatable bonds is 4. The van der Waals surface area contributed by atoms with E-state index in [0.29, 0.717) is 0 Å². The van der Waals surface area contributed by atoms with E-state index in [1.807, 2.05) is 66.7 Å². The Morgan fingerprint density at radius 1 is 0.500 bits per heavy atom. The van der Waals surface area contributed by atoms with Crippen LogP contribution in [0.5, 0.6) is 23.0 Å². The second-order valence-corrected chi connectivity index (χ2v) is 4.17. The van der Waals surface area contributed by atoms with Crippen molar-refractivity contribution in [1.82, 2.24) is 4.98 Å². The van der Waals surface area contributed by atoms with Crippen LogP contribution in [0.1, 0.15) is 0 Å². The summed E-state index contributed by atoms with van der Waals surface area (Å²) in [6.45, 7) is 0. The summed E-state index contributed by atoms with van der Waals surface area (Å²) in [4.78, 5) is 3.95. The van der Waals surface area contributed by atoms with Crippen molar-refractivity contribution < 1.29 is 9.47 Å². The van der Waals surface area contributed by atoms with Crippen LogP contribution < -0.4 is 9.47 Å². The molecule has 0 aliphatic carbocycles. The molecule has 3 aromatic rings. The first-order chi connectivity index (χ1) is 9.90. The molecule has 2 aromatic carbocycles. The summed E-state index contributed by atoms with van der Waals surface area (Å²) in [5.74, 6) is 3.11. The Hall–Kier alpha value is -2.81. The zero-order valence-corrected chi connectivity index (χ0v) is 10.8. The van der Waals surface area contributed by atoms with E-state index in [-0.39, 0.29) is 0 Å². The maximum atomic E-state index is 5.72. The molecule has 3 nitrogen and oxygen atoms in total. The van der Waals surface area contributed by atoms with Gasteiger partial charge < -0.3 is 9.47 Å². The van der Waals surface area contributed by atoms with Gasteiger partial charge in [0.25, 0.3) is 0 Å². The molecule has 1 aromatic heterocycles. The van der Waals surface area contributed by atoms with Gasteiger partial charge in [-0.25, -0.2) is 0 Å². The van der Waals surface area contributed by atoms with Gasteiger partial charge in [-0.15, -0.1) is 0 Å². The predicted octanol–water partition coefficient (Wildman–Crippen LogP) is 4.67. The number of hydrogen-bond donors (Lipinski definition) is 0. The molecule has 0 fully saturated rings. The molecule has 0 spiro atoms. The van der Waals surface area contributed by atoms with E-state index in [9.17, 15) is 0 Å². The molecule has 0 saturated heterocycles. The summed E-state index contributed by atoms with van der Waals surface area (Å²) in [6, 6.07) is 20.8. The maximum absolute atomic E-state index is 5.72. The van der Waals surface area contributed by atoms with Gasteiger partial charge in [-0.3, -0.25) is 4.98 Å². The van der Waals surface area contributed by atoms with Crippen molar-refractivity contribution in [2.45, 2.75) is 0 Å². The standard InChI is InChI=1S/C17H13NO2/c1-2-4-14(5-3-1)19-15-6-8-16(9-7-15)20-17-10-12-18-13-11-17/h1-13H. The lowest BCUT2D eigenvalue weighted by Gasteiger charge is -2.08. The van der Waals surface area contributed by atoms with Gasteiger partial charge in [0, 0.05) is 12.4 Å². The molecule has 0 aliphatic heterocycles. The van der Waals surface area contributed by atoms with Gasteiger partial charge in [0.1, 0.15) is 23.0 Å². The fraction of sp³-hybridized carbons (Fsp3) is 0. The smallest absolute Gasteiger partial charge is 0.130 e. The molecule has 0 aliphatic rings. The first kappa shape index (κ1) is 12.2. The number of para-hydroxylation sites is 1. The van der Waals surface area contributed by atoms with Crippen molar-refractivity contribution in [3.8, 4) is 23.0 Å². The van der Waals surface area contributed by atoms with E-state index in [4.69, 9.17) is 9.47 Å². The van der Waals surface area contributed by atoms with Gasteiger partial charge in [0.15, 0.2) is 0 Å². The third kappa shape index (κ3) is 3.14. The van der Waals surface area contributed by atoms with E-state index >= 15 is 0 Å². The van der Waals surface area contributed by atoms with Gasteiger partial charge >= 0.3 is 0 Å². The van der Waals surface area contributed by atoms with Crippen LogP contribution >= 0.6 is 0 Å². The highest BCUT2D eigenvalue weighted by molar-refractivity contribution is 5.37. The average Bonchev–Trinajstić information content (AvgIpc) is 2.51. The van der Waals surface area contributed by atoms with E-state index in [2.05, 4.69) is 4.98 Å². The van der Waals surface area contributed by atoms with Crippen LogP contribution in [0.4, 0.5) is 0 Å². The van der Waals surface area contributed by atoms with Gasteiger partial charge in [-0.2, -0.15) is 0 Å². The molecule has 0 unspecified atom stereocenters. The molecule has 3 heteroatoms. The lowest BCUT2D eigenvalue weighted by molar-refractivity contribution is 0.469. The number of ether oxygens (including phenoxy) is 2. The Morgan fingerprint density at radius 3 is 1.50 bits per heavy atom. The molecule has 0 atom stereocenters. The minimum Gasteiger partial charge on any atom is -0.457 e. The van der Waals surface area contributed by atoms with Crippen molar-refractivity contribution in [2.75, 3.05) is 0 Å². The molecule has 0 N–H and O–H groups in total. The van der Waals surface area contributed by atoms with Gasteiger partial charge in [0.2, 0.25) is 0 Å². The van der Waals surface area contributed by atoms with E-state index < -0.39 is 0 Å². The van der Waals surface area contributed by atoms with Crippen molar-refractivity contribution in [2.24, 2.45) is 0 Å². The summed E-state index contributed by atoms with van der Waals surface area (Å²) < 4.78 is 11.4. The first-order valence-corrected chi connectivity index (χ1v) is 6.31. The zero-order valence-electron chi connectivity index (χ0n) is 10.8. The Morgan fingerprint density at radius 2 is 0.950 bits per heavy atom. The normalized spacial score (nSPS) is 10.0. The van der Waals surface area contributed by atoms with Crippen LogP contribution in [0, 0.1) is 0 Å². The second-order valence-electron chi connectivity index (χ2n) is 4.17. The molecular formula is C17H13NO2. The van der Waals surface area contributed by atoms with Crippen molar-refractivity contribution in [1.29, 1.82) is 0 Å². The van der Waals surface area contributed by atoms with E-state index in [0.717, 1.165) is 23.0 Å². The largest absolute Gasteiger partial charge is 0.457 e. The fourth-order valence-electron chi connectivity index (χ4n) is 1.74. The Balaban J connectivity index is 1.69. The van der Waals surface area contributed by atoms with Gasteiger partial charge in [0.05, 0.1) is 0 Å². The Bertz CT molecular complexity index is 591. The summed E-state index contributed by atoms with van der Waals surface area (Å²) in [5.41, 5.74) is 0. The first-order valence-electron chi connectivity index (χ1n) is 6.31. The summed E-state index contributed by atoms with van der Waals surface area (Å²) >= 11 is 0. The molecule has 0 radical (unpaired) electrons. The van der Waals surface area contributed by atoms with Crippen LogP contribution in [0.2, 0.25) is 0 Å². The van der Waals surface area contributed by atoms with Crippen molar-refractivity contribution >= 4 is 0 Å². The zero-order chi connectivity index (χ0) is 13.6. The van der Waals surface area contributed by atoms with Crippen LogP contribution in [0.15, 0.2) is 79.1 Å². The Labute approximate surface area is 117 Å². The SMILES string of the molecule is c1ccc(Oc2ccc(Oc3ccncc3)cc2)cc1. The molecular weight excluding hydrogens is 250 g/mol. The highest BCUT2D eigenvalue weighted by atomic mass is 16.5. The molecule has 0 saturated carbocycles.